The Kier molecular flexibility index (Phi) is 6.32. The molecule has 0 aliphatic rings. The fourth-order valence-corrected chi connectivity index (χ4v) is 1.11. The number of carbonyl (C=O) groups is 2. The standard InChI is InChI=1S/C12H15ClN2O2.ClH/c1-12(2,3)15(13)14-11(17)10-6-4-9(8-16)5-7-10;/h4-8H,1-3H3,(H,14,17);1H. The predicted molar refractivity (Wildman–Crippen MR) is 74.0 cm³/mol. The van der Waals surface area contributed by atoms with Gasteiger partial charge in [-0.2, -0.15) is 0 Å². The molecule has 0 aliphatic carbocycles. The first-order valence-corrected chi connectivity index (χ1v) is 5.50. The normalized spacial score (nSPS) is 10.7. The van der Waals surface area contributed by atoms with E-state index in [-0.39, 0.29) is 23.9 Å². The molecule has 100 valence electrons. The minimum Gasteiger partial charge on any atom is -0.298 e. The largest absolute Gasteiger partial charge is 0.298 e. The zero-order valence-corrected chi connectivity index (χ0v) is 12.0. The number of benzene rings is 1. The summed E-state index contributed by atoms with van der Waals surface area (Å²) in [6, 6.07) is 6.31. The van der Waals surface area contributed by atoms with Crippen molar-refractivity contribution in [1.29, 1.82) is 0 Å². The molecule has 0 saturated heterocycles. The van der Waals surface area contributed by atoms with E-state index in [0.717, 1.165) is 6.29 Å². The van der Waals surface area contributed by atoms with Crippen LogP contribution in [0.1, 0.15) is 41.5 Å². The van der Waals surface area contributed by atoms with Crippen molar-refractivity contribution >= 4 is 36.4 Å². The minimum atomic E-state index is -0.375. The molecule has 0 saturated carbocycles. The van der Waals surface area contributed by atoms with Crippen molar-refractivity contribution < 1.29 is 9.59 Å². The van der Waals surface area contributed by atoms with Crippen LogP contribution in [0.4, 0.5) is 0 Å². The van der Waals surface area contributed by atoms with Crippen molar-refractivity contribution in [3.8, 4) is 0 Å². The Balaban J connectivity index is 0.00000289. The molecule has 0 spiro atoms. The first-order valence-electron chi connectivity index (χ1n) is 5.17. The lowest BCUT2D eigenvalue weighted by Gasteiger charge is -2.28. The van der Waals surface area contributed by atoms with Crippen LogP contribution in [0, 0.1) is 0 Å². The summed E-state index contributed by atoms with van der Waals surface area (Å²) in [7, 11) is 0. The zero-order valence-electron chi connectivity index (χ0n) is 10.4. The predicted octanol–water partition coefficient (Wildman–Crippen LogP) is 2.82. The lowest BCUT2D eigenvalue weighted by molar-refractivity contribution is 0.0805. The molecule has 0 bridgehead atoms. The molecule has 1 aromatic carbocycles. The summed E-state index contributed by atoms with van der Waals surface area (Å²) >= 11 is 5.91. The van der Waals surface area contributed by atoms with Gasteiger partial charge in [0.2, 0.25) is 0 Å². The fraction of sp³-hybridized carbons (Fsp3) is 0.333. The van der Waals surface area contributed by atoms with Crippen LogP contribution in [0.2, 0.25) is 0 Å². The Hall–Kier alpha value is -1.10. The molecule has 0 aliphatic heterocycles. The Labute approximate surface area is 118 Å². The molecule has 0 unspecified atom stereocenters. The van der Waals surface area contributed by atoms with Gasteiger partial charge in [0.15, 0.2) is 0 Å². The lowest BCUT2D eigenvalue weighted by Crippen LogP contribution is -2.46. The number of hydrogen-bond acceptors (Lipinski definition) is 3. The monoisotopic (exact) mass is 290 g/mol. The molecular formula is C12H16Cl2N2O2. The molecule has 1 aromatic rings. The Bertz CT molecular complexity index is 413. The number of carbonyl (C=O) groups excluding carboxylic acids is 2. The highest BCUT2D eigenvalue weighted by atomic mass is 35.5. The average molecular weight is 291 g/mol. The third-order valence-electron chi connectivity index (χ3n) is 2.10. The highest BCUT2D eigenvalue weighted by Gasteiger charge is 2.21. The van der Waals surface area contributed by atoms with Crippen LogP contribution in [-0.2, 0) is 0 Å². The van der Waals surface area contributed by atoms with E-state index in [1.165, 1.54) is 4.53 Å². The lowest BCUT2D eigenvalue weighted by atomic mass is 10.1. The first-order chi connectivity index (χ1) is 7.84. The second-order valence-electron chi connectivity index (χ2n) is 4.63. The maximum absolute atomic E-state index is 11.8. The maximum atomic E-state index is 11.8. The van der Waals surface area contributed by atoms with E-state index < -0.39 is 0 Å². The second-order valence-corrected chi connectivity index (χ2v) is 4.97. The maximum Gasteiger partial charge on any atom is 0.266 e. The molecule has 1 rings (SSSR count). The molecule has 0 radical (unpaired) electrons. The Morgan fingerprint density at radius 1 is 1.28 bits per heavy atom. The van der Waals surface area contributed by atoms with Gasteiger partial charge in [-0.25, -0.2) is 0 Å². The van der Waals surface area contributed by atoms with Crippen molar-refractivity contribution in [2.24, 2.45) is 0 Å². The summed E-state index contributed by atoms with van der Waals surface area (Å²) in [5, 5.41) is 0. The Morgan fingerprint density at radius 3 is 2.17 bits per heavy atom. The molecule has 4 nitrogen and oxygen atoms in total. The Morgan fingerprint density at radius 2 is 1.78 bits per heavy atom. The molecule has 0 heterocycles. The van der Waals surface area contributed by atoms with Gasteiger partial charge in [-0.15, -0.1) is 16.9 Å². The van der Waals surface area contributed by atoms with Gasteiger partial charge in [0, 0.05) is 28.4 Å². The SMILES string of the molecule is CC(C)(C)N(Cl)NC(=O)c1ccc(C=O)cc1.Cl. The number of hydrogen-bond donors (Lipinski definition) is 1. The highest BCUT2D eigenvalue weighted by Crippen LogP contribution is 2.13. The third kappa shape index (κ3) is 4.64. The molecule has 1 amide bonds. The van der Waals surface area contributed by atoms with Gasteiger partial charge >= 0.3 is 0 Å². The van der Waals surface area contributed by atoms with E-state index in [1.807, 2.05) is 20.8 Å². The number of amides is 1. The van der Waals surface area contributed by atoms with Gasteiger partial charge in [-0.1, -0.05) is 12.1 Å². The number of aldehydes is 1. The van der Waals surface area contributed by atoms with Crippen molar-refractivity contribution in [3.05, 3.63) is 35.4 Å². The van der Waals surface area contributed by atoms with E-state index in [2.05, 4.69) is 5.43 Å². The summed E-state index contributed by atoms with van der Waals surface area (Å²) < 4.78 is 1.23. The number of rotatable bonds is 3. The van der Waals surface area contributed by atoms with Gasteiger partial charge in [-0.05, 0) is 32.9 Å². The number of nitrogens with zero attached hydrogens (tertiary/aromatic N) is 1. The fourth-order valence-electron chi connectivity index (χ4n) is 1.03. The van der Waals surface area contributed by atoms with E-state index in [4.69, 9.17) is 11.8 Å². The zero-order chi connectivity index (χ0) is 13.1. The summed E-state index contributed by atoms with van der Waals surface area (Å²) in [4.78, 5) is 22.2. The molecule has 0 atom stereocenters. The summed E-state index contributed by atoms with van der Waals surface area (Å²) in [6.45, 7) is 5.61. The van der Waals surface area contributed by atoms with Crippen molar-refractivity contribution in [3.63, 3.8) is 0 Å². The summed E-state index contributed by atoms with van der Waals surface area (Å²) in [5.41, 5.74) is 3.15. The van der Waals surface area contributed by atoms with E-state index in [9.17, 15) is 9.59 Å². The van der Waals surface area contributed by atoms with Gasteiger partial charge in [0.25, 0.3) is 5.91 Å². The molecule has 6 heteroatoms. The van der Waals surface area contributed by atoms with E-state index in [1.54, 1.807) is 24.3 Å². The second kappa shape index (κ2) is 6.73. The molecule has 0 aromatic heterocycles. The summed E-state index contributed by atoms with van der Waals surface area (Å²) in [6.07, 6.45) is 0.727. The van der Waals surface area contributed by atoms with Crippen LogP contribution >= 0.6 is 24.2 Å². The highest BCUT2D eigenvalue weighted by molar-refractivity contribution is 6.14. The van der Waals surface area contributed by atoms with Crippen molar-refractivity contribution in [2.75, 3.05) is 0 Å². The molecule has 0 fully saturated rings. The van der Waals surface area contributed by atoms with Crippen LogP contribution in [0.25, 0.3) is 0 Å². The smallest absolute Gasteiger partial charge is 0.266 e. The number of hydrazine groups is 1. The van der Waals surface area contributed by atoms with E-state index >= 15 is 0 Å². The van der Waals surface area contributed by atoms with Crippen LogP contribution in [-0.4, -0.2) is 22.3 Å². The van der Waals surface area contributed by atoms with Gasteiger partial charge in [0.05, 0.1) is 0 Å². The molecular weight excluding hydrogens is 275 g/mol. The van der Waals surface area contributed by atoms with Gasteiger partial charge in [-0.3, -0.25) is 15.0 Å². The number of halogens is 2. The summed E-state index contributed by atoms with van der Waals surface area (Å²) in [5.74, 6) is -0.313. The van der Waals surface area contributed by atoms with E-state index in [0.29, 0.717) is 11.1 Å². The number of nitrogens with one attached hydrogen (secondary N) is 1. The van der Waals surface area contributed by atoms with Crippen LogP contribution in [0.15, 0.2) is 24.3 Å². The van der Waals surface area contributed by atoms with Gasteiger partial charge in [0.1, 0.15) is 6.29 Å². The van der Waals surface area contributed by atoms with Gasteiger partial charge < -0.3 is 0 Å². The third-order valence-corrected chi connectivity index (χ3v) is 2.69. The van der Waals surface area contributed by atoms with Crippen molar-refractivity contribution in [2.45, 2.75) is 26.3 Å². The average Bonchev–Trinajstić information content (AvgIpc) is 2.27. The topological polar surface area (TPSA) is 49.4 Å². The van der Waals surface area contributed by atoms with Crippen LogP contribution in [0.5, 0.6) is 0 Å². The molecule has 18 heavy (non-hydrogen) atoms. The molecule has 1 N–H and O–H groups in total. The quantitative estimate of drug-likeness (QED) is 0.529. The minimum absolute atomic E-state index is 0. The van der Waals surface area contributed by atoms with Crippen LogP contribution < -0.4 is 5.43 Å². The first kappa shape index (κ1) is 16.9. The van der Waals surface area contributed by atoms with Crippen molar-refractivity contribution in [1.82, 2.24) is 9.95 Å². The van der Waals surface area contributed by atoms with Crippen LogP contribution in [0.3, 0.4) is 0 Å².